The third-order valence-electron chi connectivity index (χ3n) is 7.01. The standard InChI is InChI=1S/C26H33N5O2/c1-29-12-14-30(15-13-29)18-19-4-8-24(31-10-2-3-11-31)22(16-19)26(33)27-21-6-7-23-20(17-21)5-9-25(32)28-23/h4,6-8,16-17H,2-3,5,9-15,18H2,1H3,(H,27,33)(H,28,32). The molecule has 0 aromatic heterocycles. The third-order valence-corrected chi connectivity index (χ3v) is 7.01. The molecule has 3 heterocycles. The molecule has 3 aliphatic rings. The van der Waals surface area contributed by atoms with Gasteiger partial charge in [-0.1, -0.05) is 6.07 Å². The molecule has 0 bridgehead atoms. The Morgan fingerprint density at radius 3 is 2.55 bits per heavy atom. The van der Waals surface area contributed by atoms with Gasteiger partial charge in [-0.25, -0.2) is 0 Å². The Morgan fingerprint density at radius 2 is 1.76 bits per heavy atom. The maximum atomic E-state index is 13.5. The predicted molar refractivity (Wildman–Crippen MR) is 132 cm³/mol. The van der Waals surface area contributed by atoms with Crippen LogP contribution >= 0.6 is 0 Å². The fourth-order valence-corrected chi connectivity index (χ4v) is 5.02. The van der Waals surface area contributed by atoms with Gasteiger partial charge in [-0.3, -0.25) is 14.5 Å². The van der Waals surface area contributed by atoms with E-state index in [9.17, 15) is 9.59 Å². The van der Waals surface area contributed by atoms with Gasteiger partial charge in [0.2, 0.25) is 5.91 Å². The monoisotopic (exact) mass is 447 g/mol. The van der Waals surface area contributed by atoms with Crippen molar-refractivity contribution in [3.8, 4) is 0 Å². The molecule has 0 saturated carbocycles. The van der Waals surface area contributed by atoms with Crippen molar-refractivity contribution in [2.24, 2.45) is 0 Å². The van der Waals surface area contributed by atoms with Gasteiger partial charge in [0, 0.05) is 69.3 Å². The molecular weight excluding hydrogens is 414 g/mol. The number of rotatable bonds is 5. The lowest BCUT2D eigenvalue weighted by molar-refractivity contribution is -0.116. The minimum atomic E-state index is -0.0723. The van der Waals surface area contributed by atoms with Crippen LogP contribution < -0.4 is 15.5 Å². The topological polar surface area (TPSA) is 67.9 Å². The summed E-state index contributed by atoms with van der Waals surface area (Å²) in [4.78, 5) is 32.3. The Bertz CT molecular complexity index is 1040. The van der Waals surface area contributed by atoms with Crippen molar-refractivity contribution in [3.63, 3.8) is 0 Å². The highest BCUT2D eigenvalue weighted by Gasteiger charge is 2.22. The molecule has 3 aliphatic heterocycles. The molecule has 0 radical (unpaired) electrons. The highest BCUT2D eigenvalue weighted by Crippen LogP contribution is 2.29. The summed E-state index contributed by atoms with van der Waals surface area (Å²) in [6, 6.07) is 12.1. The van der Waals surface area contributed by atoms with E-state index >= 15 is 0 Å². The lowest BCUT2D eigenvalue weighted by Crippen LogP contribution is -2.43. The van der Waals surface area contributed by atoms with Crippen molar-refractivity contribution in [2.75, 3.05) is 61.8 Å². The summed E-state index contributed by atoms with van der Waals surface area (Å²) in [6.45, 7) is 7.13. The third kappa shape index (κ3) is 5.04. The first-order valence-corrected chi connectivity index (χ1v) is 12.1. The van der Waals surface area contributed by atoms with Gasteiger partial charge in [-0.2, -0.15) is 0 Å². The fraction of sp³-hybridized carbons (Fsp3) is 0.462. The molecule has 2 aromatic rings. The molecule has 174 valence electrons. The van der Waals surface area contributed by atoms with E-state index in [1.807, 2.05) is 18.2 Å². The normalized spacial score (nSPS) is 19.3. The van der Waals surface area contributed by atoms with Crippen LogP contribution in [0.3, 0.4) is 0 Å². The number of aryl methyl sites for hydroxylation is 1. The van der Waals surface area contributed by atoms with E-state index in [0.717, 1.165) is 74.0 Å². The molecule has 0 atom stereocenters. The number of hydrogen-bond acceptors (Lipinski definition) is 5. The molecule has 2 N–H and O–H groups in total. The van der Waals surface area contributed by atoms with Crippen LogP contribution in [-0.4, -0.2) is 67.9 Å². The van der Waals surface area contributed by atoms with Crippen molar-refractivity contribution in [1.29, 1.82) is 0 Å². The second-order valence-electron chi connectivity index (χ2n) is 9.50. The van der Waals surface area contributed by atoms with Crippen LogP contribution in [0.1, 0.15) is 40.7 Å². The molecule has 0 unspecified atom stereocenters. The van der Waals surface area contributed by atoms with Gasteiger partial charge in [0.15, 0.2) is 0 Å². The summed E-state index contributed by atoms with van der Waals surface area (Å²) in [5, 5.41) is 6.02. The lowest BCUT2D eigenvalue weighted by atomic mass is 10.0. The maximum Gasteiger partial charge on any atom is 0.257 e. The molecule has 2 fully saturated rings. The number of fused-ring (bicyclic) bond motifs is 1. The summed E-state index contributed by atoms with van der Waals surface area (Å²) >= 11 is 0. The van der Waals surface area contributed by atoms with Gasteiger partial charge in [0.25, 0.3) is 5.91 Å². The zero-order valence-electron chi connectivity index (χ0n) is 19.4. The molecule has 7 heteroatoms. The number of hydrogen-bond donors (Lipinski definition) is 2. The van der Waals surface area contributed by atoms with E-state index in [0.29, 0.717) is 12.8 Å². The first kappa shape index (κ1) is 21.9. The summed E-state index contributed by atoms with van der Waals surface area (Å²) in [5.74, 6) is -0.0244. The minimum Gasteiger partial charge on any atom is -0.371 e. The number of benzene rings is 2. The Balaban J connectivity index is 1.37. The number of nitrogens with zero attached hydrogens (tertiary/aromatic N) is 3. The SMILES string of the molecule is CN1CCN(Cc2ccc(N3CCCC3)c(C(=O)Nc3ccc4c(c3)CCC(=O)N4)c2)CC1. The van der Waals surface area contributed by atoms with Crippen LogP contribution in [0.2, 0.25) is 0 Å². The first-order chi connectivity index (χ1) is 16.0. The number of nitrogens with one attached hydrogen (secondary N) is 2. The molecule has 0 aliphatic carbocycles. The summed E-state index contributed by atoms with van der Waals surface area (Å²) in [7, 11) is 2.17. The molecule has 2 amide bonds. The number of likely N-dealkylation sites (N-methyl/N-ethyl adjacent to an activating group) is 1. The zero-order chi connectivity index (χ0) is 22.8. The zero-order valence-corrected chi connectivity index (χ0v) is 19.4. The van der Waals surface area contributed by atoms with Crippen LogP contribution in [0.25, 0.3) is 0 Å². The Kier molecular flexibility index (Phi) is 6.33. The molecule has 2 aromatic carbocycles. The molecular formula is C26H33N5O2. The van der Waals surface area contributed by atoms with Crippen molar-refractivity contribution in [2.45, 2.75) is 32.2 Å². The van der Waals surface area contributed by atoms with Crippen molar-refractivity contribution in [1.82, 2.24) is 9.80 Å². The van der Waals surface area contributed by atoms with E-state index in [4.69, 9.17) is 0 Å². The Hall–Kier alpha value is -2.90. The number of amides is 2. The average Bonchev–Trinajstić information content (AvgIpc) is 3.35. The minimum absolute atomic E-state index is 0.0479. The summed E-state index contributed by atoms with van der Waals surface area (Å²) in [5.41, 5.74) is 5.63. The van der Waals surface area contributed by atoms with Crippen molar-refractivity contribution in [3.05, 3.63) is 53.1 Å². The summed E-state index contributed by atoms with van der Waals surface area (Å²) in [6.07, 6.45) is 3.52. The van der Waals surface area contributed by atoms with Crippen molar-refractivity contribution < 1.29 is 9.59 Å². The van der Waals surface area contributed by atoms with Gasteiger partial charge in [0.1, 0.15) is 0 Å². The van der Waals surface area contributed by atoms with Crippen LogP contribution in [0, 0.1) is 0 Å². The quantitative estimate of drug-likeness (QED) is 0.737. The molecule has 33 heavy (non-hydrogen) atoms. The second kappa shape index (κ2) is 9.53. The Morgan fingerprint density at radius 1 is 0.970 bits per heavy atom. The smallest absolute Gasteiger partial charge is 0.257 e. The van der Waals surface area contributed by atoms with Crippen LogP contribution in [0.4, 0.5) is 17.1 Å². The van der Waals surface area contributed by atoms with E-state index in [-0.39, 0.29) is 11.8 Å². The fourth-order valence-electron chi connectivity index (χ4n) is 5.02. The van der Waals surface area contributed by atoms with Gasteiger partial charge in [-0.15, -0.1) is 0 Å². The summed E-state index contributed by atoms with van der Waals surface area (Å²) < 4.78 is 0. The number of anilines is 3. The number of carbonyl (C=O) groups is 2. The largest absolute Gasteiger partial charge is 0.371 e. The molecule has 7 nitrogen and oxygen atoms in total. The highest BCUT2D eigenvalue weighted by molar-refractivity contribution is 6.08. The predicted octanol–water partition coefficient (Wildman–Crippen LogP) is 3.17. The van der Waals surface area contributed by atoms with Gasteiger partial charge < -0.3 is 20.4 Å². The van der Waals surface area contributed by atoms with Crippen LogP contribution in [-0.2, 0) is 17.8 Å². The average molecular weight is 448 g/mol. The van der Waals surface area contributed by atoms with Crippen molar-refractivity contribution >= 4 is 28.9 Å². The lowest BCUT2D eigenvalue weighted by Gasteiger charge is -2.32. The van der Waals surface area contributed by atoms with Crippen LogP contribution in [0.15, 0.2) is 36.4 Å². The van der Waals surface area contributed by atoms with E-state index in [2.05, 4.69) is 50.6 Å². The molecule has 2 saturated heterocycles. The van der Waals surface area contributed by atoms with E-state index < -0.39 is 0 Å². The van der Waals surface area contributed by atoms with E-state index in [1.54, 1.807) is 0 Å². The second-order valence-corrected chi connectivity index (χ2v) is 9.50. The molecule has 0 spiro atoms. The Labute approximate surface area is 195 Å². The first-order valence-electron chi connectivity index (χ1n) is 12.1. The van der Waals surface area contributed by atoms with E-state index in [1.165, 1.54) is 18.4 Å². The van der Waals surface area contributed by atoms with Gasteiger partial charge >= 0.3 is 0 Å². The van der Waals surface area contributed by atoms with Crippen LogP contribution in [0.5, 0.6) is 0 Å². The number of piperazine rings is 1. The highest BCUT2D eigenvalue weighted by atomic mass is 16.2. The number of carbonyl (C=O) groups excluding carboxylic acids is 2. The molecule has 5 rings (SSSR count). The van der Waals surface area contributed by atoms with Gasteiger partial charge in [0.05, 0.1) is 5.56 Å². The van der Waals surface area contributed by atoms with Gasteiger partial charge in [-0.05, 0) is 67.8 Å². The maximum absolute atomic E-state index is 13.5.